The summed E-state index contributed by atoms with van der Waals surface area (Å²) in [6, 6.07) is 7.88. The maximum atomic E-state index is 11.9. The molecule has 0 aliphatic carbocycles. The maximum Gasteiger partial charge on any atom is 0.314 e. The van der Waals surface area contributed by atoms with Gasteiger partial charge in [-0.25, -0.2) is 4.79 Å². The Bertz CT molecular complexity index is 649. The summed E-state index contributed by atoms with van der Waals surface area (Å²) >= 11 is 0. The molecule has 1 aromatic carbocycles. The first-order chi connectivity index (χ1) is 10.9. The standard InChI is InChI=1S/C18H27N3O2/c1-4-13(2)18(3,23)12-21-17(22)19-10-9-14-11-20-16-8-6-5-7-15(14)16/h5-8,11,13,20,23H,4,9-10,12H2,1-3H3,(H2,19,21,22). The number of aliphatic hydroxyl groups is 1. The number of fused-ring (bicyclic) bond motifs is 1. The van der Waals surface area contributed by atoms with Crippen LogP contribution in [0.3, 0.4) is 0 Å². The number of carbonyl (C=O) groups is 1. The van der Waals surface area contributed by atoms with Gasteiger partial charge in [0.1, 0.15) is 0 Å². The van der Waals surface area contributed by atoms with Crippen LogP contribution in [0.1, 0.15) is 32.8 Å². The Kier molecular flexibility index (Phi) is 5.66. The molecule has 2 rings (SSSR count). The highest BCUT2D eigenvalue weighted by atomic mass is 16.3. The van der Waals surface area contributed by atoms with E-state index in [1.165, 1.54) is 10.9 Å². The zero-order valence-corrected chi connectivity index (χ0v) is 14.1. The summed E-state index contributed by atoms with van der Waals surface area (Å²) in [7, 11) is 0. The summed E-state index contributed by atoms with van der Waals surface area (Å²) in [6.07, 6.45) is 3.62. The summed E-state index contributed by atoms with van der Waals surface area (Å²) in [6.45, 7) is 6.57. The zero-order chi connectivity index (χ0) is 16.9. The van der Waals surface area contributed by atoms with Crippen LogP contribution in [0, 0.1) is 5.92 Å². The lowest BCUT2D eigenvalue weighted by Crippen LogP contribution is -2.48. The molecule has 2 unspecified atom stereocenters. The molecule has 0 spiro atoms. The van der Waals surface area contributed by atoms with Crippen LogP contribution in [0.15, 0.2) is 30.5 Å². The van der Waals surface area contributed by atoms with Gasteiger partial charge in [-0.05, 0) is 30.9 Å². The number of hydrogen-bond donors (Lipinski definition) is 4. The van der Waals surface area contributed by atoms with E-state index >= 15 is 0 Å². The van der Waals surface area contributed by atoms with Crippen molar-refractivity contribution in [3.8, 4) is 0 Å². The van der Waals surface area contributed by atoms with Crippen molar-refractivity contribution in [2.24, 2.45) is 5.92 Å². The third kappa shape index (κ3) is 4.48. The minimum absolute atomic E-state index is 0.133. The van der Waals surface area contributed by atoms with Crippen molar-refractivity contribution in [1.82, 2.24) is 15.6 Å². The molecule has 23 heavy (non-hydrogen) atoms. The van der Waals surface area contributed by atoms with Crippen LogP contribution in [0.4, 0.5) is 4.79 Å². The van der Waals surface area contributed by atoms with Crippen LogP contribution >= 0.6 is 0 Å². The van der Waals surface area contributed by atoms with E-state index in [4.69, 9.17) is 0 Å². The van der Waals surface area contributed by atoms with Gasteiger partial charge in [-0.3, -0.25) is 0 Å². The summed E-state index contributed by atoms with van der Waals surface area (Å²) in [5, 5.41) is 17.1. The monoisotopic (exact) mass is 317 g/mol. The number of aromatic nitrogens is 1. The molecule has 0 radical (unpaired) electrons. The Morgan fingerprint density at radius 3 is 2.83 bits per heavy atom. The van der Waals surface area contributed by atoms with Crippen LogP contribution < -0.4 is 10.6 Å². The number of H-pyrrole nitrogens is 1. The second-order valence-electron chi connectivity index (χ2n) is 6.39. The van der Waals surface area contributed by atoms with Crippen LogP contribution in [0.2, 0.25) is 0 Å². The van der Waals surface area contributed by atoms with Crippen molar-refractivity contribution >= 4 is 16.9 Å². The van der Waals surface area contributed by atoms with E-state index < -0.39 is 5.60 Å². The van der Waals surface area contributed by atoms with Crippen molar-refractivity contribution in [3.63, 3.8) is 0 Å². The molecule has 2 atom stereocenters. The summed E-state index contributed by atoms with van der Waals surface area (Å²) in [5.74, 6) is 0.133. The lowest BCUT2D eigenvalue weighted by atomic mass is 9.89. The lowest BCUT2D eigenvalue weighted by Gasteiger charge is -2.29. The summed E-state index contributed by atoms with van der Waals surface area (Å²) in [4.78, 5) is 15.1. The SMILES string of the molecule is CCC(C)C(C)(O)CNC(=O)NCCc1c[nH]c2ccccc12. The Hall–Kier alpha value is -2.01. The predicted molar refractivity (Wildman–Crippen MR) is 93.5 cm³/mol. The number of aromatic amines is 1. The van der Waals surface area contributed by atoms with Gasteiger partial charge in [0.2, 0.25) is 0 Å². The number of nitrogens with one attached hydrogen (secondary N) is 3. The first kappa shape index (κ1) is 17.3. The van der Waals surface area contributed by atoms with E-state index in [1.807, 2.05) is 38.2 Å². The Morgan fingerprint density at radius 1 is 1.35 bits per heavy atom. The molecule has 5 nitrogen and oxygen atoms in total. The average Bonchev–Trinajstić information content (AvgIpc) is 2.95. The quantitative estimate of drug-likeness (QED) is 0.634. The third-order valence-electron chi connectivity index (χ3n) is 4.64. The number of rotatable bonds is 7. The lowest BCUT2D eigenvalue weighted by molar-refractivity contribution is 0.00792. The van der Waals surface area contributed by atoms with Gasteiger partial charge in [-0.1, -0.05) is 38.5 Å². The fourth-order valence-electron chi connectivity index (χ4n) is 2.58. The number of amides is 2. The molecule has 0 fully saturated rings. The normalized spacial score (nSPS) is 15.1. The second kappa shape index (κ2) is 7.51. The van der Waals surface area contributed by atoms with E-state index in [0.29, 0.717) is 6.54 Å². The van der Waals surface area contributed by atoms with Crippen molar-refractivity contribution in [3.05, 3.63) is 36.0 Å². The summed E-state index contributed by atoms with van der Waals surface area (Å²) < 4.78 is 0. The van der Waals surface area contributed by atoms with Gasteiger partial charge in [-0.2, -0.15) is 0 Å². The van der Waals surface area contributed by atoms with Crippen molar-refractivity contribution in [1.29, 1.82) is 0 Å². The molecule has 0 aliphatic heterocycles. The van der Waals surface area contributed by atoms with Gasteiger partial charge in [-0.15, -0.1) is 0 Å². The van der Waals surface area contributed by atoms with Crippen LogP contribution in [-0.4, -0.2) is 34.8 Å². The van der Waals surface area contributed by atoms with E-state index in [9.17, 15) is 9.90 Å². The van der Waals surface area contributed by atoms with Crippen LogP contribution in [0.25, 0.3) is 10.9 Å². The molecule has 1 heterocycles. The highest BCUT2D eigenvalue weighted by molar-refractivity contribution is 5.83. The predicted octanol–water partition coefficient (Wildman–Crippen LogP) is 2.81. The largest absolute Gasteiger partial charge is 0.388 e. The average molecular weight is 317 g/mol. The number of para-hydroxylation sites is 1. The number of carbonyl (C=O) groups excluding carboxylic acids is 1. The smallest absolute Gasteiger partial charge is 0.314 e. The van der Waals surface area contributed by atoms with E-state index in [0.717, 1.165) is 18.4 Å². The van der Waals surface area contributed by atoms with Gasteiger partial charge in [0.25, 0.3) is 0 Å². The maximum absolute atomic E-state index is 11.9. The van der Waals surface area contributed by atoms with Crippen molar-refractivity contribution in [2.75, 3.05) is 13.1 Å². The Morgan fingerprint density at radius 2 is 2.09 bits per heavy atom. The molecule has 0 saturated heterocycles. The van der Waals surface area contributed by atoms with Gasteiger partial charge in [0.15, 0.2) is 0 Å². The van der Waals surface area contributed by atoms with Gasteiger partial charge in [0, 0.05) is 30.2 Å². The summed E-state index contributed by atoms with van der Waals surface area (Å²) in [5.41, 5.74) is 1.41. The Labute approximate surface area is 137 Å². The molecule has 4 N–H and O–H groups in total. The molecule has 5 heteroatoms. The van der Waals surface area contributed by atoms with E-state index in [1.54, 1.807) is 6.92 Å². The zero-order valence-electron chi connectivity index (χ0n) is 14.1. The molecule has 0 aliphatic rings. The Balaban J connectivity index is 1.77. The molecule has 126 valence electrons. The topological polar surface area (TPSA) is 77.2 Å². The van der Waals surface area contributed by atoms with Gasteiger partial charge in [0.05, 0.1) is 5.60 Å². The van der Waals surface area contributed by atoms with Gasteiger partial charge >= 0.3 is 6.03 Å². The second-order valence-corrected chi connectivity index (χ2v) is 6.39. The molecular formula is C18H27N3O2. The van der Waals surface area contributed by atoms with Crippen molar-refractivity contribution < 1.29 is 9.90 Å². The number of urea groups is 1. The minimum atomic E-state index is -0.886. The van der Waals surface area contributed by atoms with Crippen LogP contribution in [0.5, 0.6) is 0 Å². The fraction of sp³-hybridized carbons (Fsp3) is 0.500. The van der Waals surface area contributed by atoms with E-state index in [2.05, 4.69) is 21.7 Å². The van der Waals surface area contributed by atoms with E-state index in [-0.39, 0.29) is 18.5 Å². The molecule has 2 aromatic rings. The highest BCUT2D eigenvalue weighted by Gasteiger charge is 2.27. The van der Waals surface area contributed by atoms with Crippen LogP contribution in [-0.2, 0) is 6.42 Å². The molecule has 0 bridgehead atoms. The molecule has 1 aromatic heterocycles. The molecule has 2 amide bonds. The molecule has 0 saturated carbocycles. The first-order valence-corrected chi connectivity index (χ1v) is 8.23. The first-order valence-electron chi connectivity index (χ1n) is 8.23. The van der Waals surface area contributed by atoms with Gasteiger partial charge < -0.3 is 20.7 Å². The number of hydrogen-bond acceptors (Lipinski definition) is 2. The van der Waals surface area contributed by atoms with Crippen molar-refractivity contribution in [2.45, 2.75) is 39.2 Å². The minimum Gasteiger partial charge on any atom is -0.388 e. The molecular weight excluding hydrogens is 290 g/mol. The third-order valence-corrected chi connectivity index (χ3v) is 4.64. The number of benzene rings is 1. The highest BCUT2D eigenvalue weighted by Crippen LogP contribution is 2.19. The fourth-order valence-corrected chi connectivity index (χ4v) is 2.58.